The van der Waals surface area contributed by atoms with Crippen molar-refractivity contribution in [3.63, 3.8) is 0 Å². The summed E-state index contributed by atoms with van der Waals surface area (Å²) >= 11 is 1.29. The van der Waals surface area contributed by atoms with Gasteiger partial charge < -0.3 is 16.0 Å². The highest BCUT2D eigenvalue weighted by molar-refractivity contribution is 8.00. The Morgan fingerprint density at radius 1 is 0.775 bits per heavy atom. The molecule has 3 N–H and O–H groups in total. The zero-order valence-corrected chi connectivity index (χ0v) is 21.9. The highest BCUT2D eigenvalue weighted by atomic mass is 32.2. The Bertz CT molecular complexity index is 1560. The van der Waals surface area contributed by atoms with Gasteiger partial charge in [0, 0.05) is 27.9 Å². The van der Waals surface area contributed by atoms with Crippen molar-refractivity contribution in [2.75, 3.05) is 16.4 Å². The Hall–Kier alpha value is -5.22. The number of nitro groups is 1. The Morgan fingerprint density at radius 3 is 2.15 bits per heavy atom. The van der Waals surface area contributed by atoms with Gasteiger partial charge in [0.2, 0.25) is 5.91 Å². The lowest BCUT2D eigenvalue weighted by molar-refractivity contribution is -0.385. The summed E-state index contributed by atoms with van der Waals surface area (Å²) in [5.74, 6) is -1.24. The summed E-state index contributed by atoms with van der Waals surface area (Å²) in [5.41, 5.74) is 1.19. The van der Waals surface area contributed by atoms with Gasteiger partial charge in [0.25, 0.3) is 17.5 Å². The van der Waals surface area contributed by atoms with Gasteiger partial charge in [-0.15, -0.1) is 11.8 Å². The third-order valence-corrected chi connectivity index (χ3v) is 6.48. The fraction of sp³-hybridized carbons (Fsp3) is 0.0333. The number of nitrogens with one attached hydrogen (secondary N) is 3. The summed E-state index contributed by atoms with van der Waals surface area (Å²) < 4.78 is 0. The first-order chi connectivity index (χ1) is 19.4. The second-order valence-corrected chi connectivity index (χ2v) is 9.43. The van der Waals surface area contributed by atoms with Crippen molar-refractivity contribution in [3.8, 4) is 0 Å². The number of hydrogen-bond donors (Lipinski definition) is 3. The molecule has 40 heavy (non-hydrogen) atoms. The van der Waals surface area contributed by atoms with E-state index in [0.29, 0.717) is 16.9 Å². The van der Waals surface area contributed by atoms with Crippen molar-refractivity contribution in [2.45, 2.75) is 4.90 Å². The maximum atomic E-state index is 13.3. The number of carbonyl (C=O) groups excluding carboxylic acids is 3. The lowest BCUT2D eigenvalue weighted by Crippen LogP contribution is -2.30. The fourth-order valence-electron chi connectivity index (χ4n) is 3.60. The van der Waals surface area contributed by atoms with Crippen molar-refractivity contribution in [3.05, 3.63) is 136 Å². The van der Waals surface area contributed by atoms with Crippen LogP contribution in [0.5, 0.6) is 0 Å². The van der Waals surface area contributed by atoms with E-state index in [1.807, 2.05) is 18.2 Å². The van der Waals surface area contributed by atoms with E-state index >= 15 is 0 Å². The normalized spacial score (nSPS) is 10.8. The number of carbonyl (C=O) groups is 3. The highest BCUT2D eigenvalue weighted by Gasteiger charge is 2.18. The Morgan fingerprint density at radius 2 is 1.43 bits per heavy atom. The van der Waals surface area contributed by atoms with Crippen LogP contribution in [-0.4, -0.2) is 28.4 Å². The molecule has 0 spiro atoms. The average molecular weight is 553 g/mol. The molecule has 4 aromatic carbocycles. The van der Waals surface area contributed by atoms with Gasteiger partial charge in [-0.25, -0.2) is 0 Å². The van der Waals surface area contributed by atoms with Gasteiger partial charge >= 0.3 is 0 Å². The number of thioether (sulfide) groups is 1. The first kappa shape index (κ1) is 27.8. The van der Waals surface area contributed by atoms with E-state index in [1.165, 1.54) is 36.0 Å². The predicted molar refractivity (Wildman–Crippen MR) is 156 cm³/mol. The Kier molecular flexibility index (Phi) is 9.41. The van der Waals surface area contributed by atoms with E-state index in [1.54, 1.807) is 72.8 Å². The molecule has 0 aliphatic carbocycles. The second-order valence-electron chi connectivity index (χ2n) is 8.38. The summed E-state index contributed by atoms with van der Waals surface area (Å²) in [6.07, 6.45) is 1.26. The SMILES string of the molecule is O=C(CSc1cccc(NC(=O)/C(=C\c2ccccc2[N+](=O)[O-])NC(=O)c2ccccc2)c1)Nc1ccccc1. The number of rotatable bonds is 10. The molecule has 0 heterocycles. The molecule has 0 aromatic heterocycles. The van der Waals surface area contributed by atoms with Crippen LogP contribution in [0, 0.1) is 10.1 Å². The molecule has 0 saturated carbocycles. The number of nitro benzene ring substituents is 1. The van der Waals surface area contributed by atoms with Crippen LogP contribution in [0.1, 0.15) is 15.9 Å². The van der Waals surface area contributed by atoms with Gasteiger partial charge in [-0.3, -0.25) is 24.5 Å². The summed E-state index contributed by atoms with van der Waals surface area (Å²) in [5, 5.41) is 19.6. The fourth-order valence-corrected chi connectivity index (χ4v) is 4.36. The third-order valence-electron chi connectivity index (χ3n) is 5.48. The molecule has 0 saturated heterocycles. The molecule has 0 fully saturated rings. The van der Waals surface area contributed by atoms with Crippen LogP contribution in [-0.2, 0) is 9.59 Å². The molecule has 10 heteroatoms. The number of hydrogen-bond acceptors (Lipinski definition) is 6. The first-order valence-electron chi connectivity index (χ1n) is 12.1. The maximum absolute atomic E-state index is 13.3. The molecule has 0 aliphatic rings. The van der Waals surface area contributed by atoms with Crippen LogP contribution >= 0.6 is 11.8 Å². The van der Waals surface area contributed by atoms with Crippen LogP contribution in [0.4, 0.5) is 17.1 Å². The first-order valence-corrected chi connectivity index (χ1v) is 13.1. The zero-order valence-electron chi connectivity index (χ0n) is 21.1. The van der Waals surface area contributed by atoms with E-state index in [0.717, 1.165) is 4.90 Å². The minimum absolute atomic E-state index is 0.153. The van der Waals surface area contributed by atoms with Gasteiger partial charge in [-0.1, -0.05) is 54.6 Å². The molecule has 0 atom stereocenters. The number of anilines is 2. The average Bonchev–Trinajstić information content (AvgIpc) is 2.97. The van der Waals surface area contributed by atoms with Crippen LogP contribution in [0.15, 0.2) is 120 Å². The van der Waals surface area contributed by atoms with Crippen molar-refractivity contribution in [1.82, 2.24) is 5.32 Å². The van der Waals surface area contributed by atoms with Crippen molar-refractivity contribution in [2.24, 2.45) is 0 Å². The standard InChI is InChI=1S/C30H24N4O5S/c35-28(31-23-13-5-2-6-14-23)20-40-25-16-9-15-24(19-25)32-30(37)26(33-29(36)21-10-3-1-4-11-21)18-22-12-7-8-17-27(22)34(38)39/h1-19H,20H2,(H,31,35)(H,32,37)(H,33,36)/b26-18+. The van der Waals surface area contributed by atoms with E-state index < -0.39 is 16.7 Å². The molecular weight excluding hydrogens is 528 g/mol. The van der Waals surface area contributed by atoms with Crippen molar-refractivity contribution in [1.29, 1.82) is 0 Å². The van der Waals surface area contributed by atoms with Crippen LogP contribution in [0.2, 0.25) is 0 Å². The van der Waals surface area contributed by atoms with E-state index in [2.05, 4.69) is 16.0 Å². The summed E-state index contributed by atoms with van der Waals surface area (Å²) in [7, 11) is 0. The van der Waals surface area contributed by atoms with E-state index in [9.17, 15) is 24.5 Å². The lowest BCUT2D eigenvalue weighted by Gasteiger charge is -2.12. The Labute approximate surface area is 234 Å². The molecule has 200 valence electrons. The smallest absolute Gasteiger partial charge is 0.276 e. The largest absolute Gasteiger partial charge is 0.325 e. The molecule has 0 aliphatic heterocycles. The van der Waals surface area contributed by atoms with Crippen molar-refractivity contribution < 1.29 is 19.3 Å². The Balaban J connectivity index is 1.51. The number of nitrogens with zero attached hydrogens (tertiary/aromatic N) is 1. The van der Waals surface area contributed by atoms with Gasteiger partial charge in [-0.2, -0.15) is 0 Å². The molecule has 0 radical (unpaired) electrons. The van der Waals surface area contributed by atoms with E-state index in [4.69, 9.17) is 0 Å². The topological polar surface area (TPSA) is 130 Å². The van der Waals surface area contributed by atoms with Gasteiger partial charge in [0.15, 0.2) is 0 Å². The molecule has 3 amide bonds. The molecule has 9 nitrogen and oxygen atoms in total. The number of amides is 3. The van der Waals surface area contributed by atoms with Gasteiger partial charge in [0.1, 0.15) is 5.70 Å². The minimum atomic E-state index is -0.675. The molecule has 0 bridgehead atoms. The molecular formula is C30H24N4O5S. The number of para-hydroxylation sites is 2. The predicted octanol–water partition coefficient (Wildman–Crippen LogP) is 5.74. The summed E-state index contributed by atoms with van der Waals surface area (Å²) in [4.78, 5) is 50.2. The summed E-state index contributed by atoms with van der Waals surface area (Å²) in [6.45, 7) is 0. The van der Waals surface area contributed by atoms with Gasteiger partial charge in [-0.05, 0) is 54.6 Å². The third kappa shape index (κ3) is 7.89. The number of benzene rings is 4. The van der Waals surface area contributed by atoms with E-state index in [-0.39, 0.29) is 28.6 Å². The summed E-state index contributed by atoms with van der Waals surface area (Å²) in [6, 6.07) is 30.2. The second kappa shape index (κ2) is 13.5. The van der Waals surface area contributed by atoms with Crippen LogP contribution in [0.25, 0.3) is 6.08 Å². The minimum Gasteiger partial charge on any atom is -0.325 e. The van der Waals surface area contributed by atoms with Crippen LogP contribution in [0.3, 0.4) is 0 Å². The van der Waals surface area contributed by atoms with Gasteiger partial charge in [0.05, 0.1) is 16.2 Å². The zero-order chi connectivity index (χ0) is 28.3. The highest BCUT2D eigenvalue weighted by Crippen LogP contribution is 2.24. The molecule has 0 unspecified atom stereocenters. The quantitative estimate of drug-likeness (QED) is 0.0996. The van der Waals surface area contributed by atoms with Crippen LogP contribution < -0.4 is 16.0 Å². The molecule has 4 aromatic rings. The maximum Gasteiger partial charge on any atom is 0.276 e. The monoisotopic (exact) mass is 552 g/mol. The van der Waals surface area contributed by atoms with Crippen molar-refractivity contribution >= 4 is 52.6 Å². The molecule has 4 rings (SSSR count). The lowest BCUT2D eigenvalue weighted by atomic mass is 10.1.